The summed E-state index contributed by atoms with van der Waals surface area (Å²) in [6.45, 7) is 0.295. The van der Waals surface area contributed by atoms with E-state index in [1.54, 1.807) is 12.1 Å². The van der Waals surface area contributed by atoms with Crippen LogP contribution in [-0.2, 0) is 6.54 Å². The van der Waals surface area contributed by atoms with Gasteiger partial charge < -0.3 is 10.4 Å². The molecule has 2 aromatic rings. The van der Waals surface area contributed by atoms with E-state index in [1.165, 1.54) is 11.3 Å². The van der Waals surface area contributed by atoms with E-state index in [-0.39, 0.29) is 12.5 Å². The van der Waals surface area contributed by atoms with Crippen LogP contribution in [-0.4, -0.2) is 17.6 Å². The predicted molar refractivity (Wildman–Crippen MR) is 80.9 cm³/mol. The molecule has 0 atom stereocenters. The number of carbonyl (C=O) groups excluding carboxylic acids is 1. The molecule has 2 rings (SSSR count). The fourth-order valence-electron chi connectivity index (χ4n) is 1.55. The van der Waals surface area contributed by atoms with Crippen molar-refractivity contribution in [3.05, 3.63) is 56.7 Å². The van der Waals surface area contributed by atoms with Crippen LogP contribution in [0.3, 0.4) is 0 Å². The summed E-state index contributed by atoms with van der Waals surface area (Å²) in [4.78, 5) is 12.4. The third kappa shape index (κ3) is 4.10. The number of hydrogen-bond acceptors (Lipinski definition) is 3. The van der Waals surface area contributed by atoms with Gasteiger partial charge in [0.05, 0.1) is 9.21 Å². The second-order valence-electron chi connectivity index (χ2n) is 3.94. The third-order valence-electron chi connectivity index (χ3n) is 2.52. The Labute approximate surface area is 126 Å². The van der Waals surface area contributed by atoms with Crippen LogP contribution >= 0.6 is 22.9 Å². The maximum Gasteiger partial charge on any atom is 0.261 e. The minimum atomic E-state index is -0.152. The first-order chi connectivity index (χ1) is 9.69. The molecule has 2 N–H and O–H groups in total. The van der Waals surface area contributed by atoms with Crippen molar-refractivity contribution in [2.75, 3.05) is 6.61 Å². The van der Waals surface area contributed by atoms with Gasteiger partial charge >= 0.3 is 0 Å². The number of nitrogens with one attached hydrogen (secondary N) is 1. The maximum absolute atomic E-state index is 11.8. The molecule has 0 spiro atoms. The topological polar surface area (TPSA) is 49.3 Å². The Morgan fingerprint density at radius 1 is 1.25 bits per heavy atom. The average molecular weight is 306 g/mol. The van der Waals surface area contributed by atoms with Crippen molar-refractivity contribution in [2.24, 2.45) is 0 Å². The first-order valence-electron chi connectivity index (χ1n) is 5.91. The van der Waals surface area contributed by atoms with Crippen molar-refractivity contribution in [1.29, 1.82) is 0 Å². The average Bonchev–Trinajstić information content (AvgIpc) is 2.90. The van der Waals surface area contributed by atoms with E-state index in [4.69, 9.17) is 16.7 Å². The molecule has 0 aliphatic heterocycles. The van der Waals surface area contributed by atoms with Crippen molar-refractivity contribution in [3.63, 3.8) is 0 Å². The molecule has 0 fully saturated rings. The Hall–Kier alpha value is -1.80. The van der Waals surface area contributed by atoms with Gasteiger partial charge in [-0.25, -0.2) is 0 Å². The molecule has 3 nitrogen and oxygen atoms in total. The van der Waals surface area contributed by atoms with Crippen LogP contribution in [0.4, 0.5) is 0 Å². The molecule has 0 saturated heterocycles. The lowest BCUT2D eigenvalue weighted by atomic mass is 10.1. The quantitative estimate of drug-likeness (QED) is 0.857. The normalized spacial score (nSPS) is 9.70. The lowest BCUT2D eigenvalue weighted by Gasteiger charge is -2.03. The fourth-order valence-corrected chi connectivity index (χ4v) is 2.51. The summed E-state index contributed by atoms with van der Waals surface area (Å²) < 4.78 is 0.599. The van der Waals surface area contributed by atoms with Crippen molar-refractivity contribution >= 4 is 28.8 Å². The third-order valence-corrected chi connectivity index (χ3v) is 3.75. The zero-order valence-electron chi connectivity index (χ0n) is 10.5. The Balaban J connectivity index is 1.92. The highest BCUT2D eigenvalue weighted by Gasteiger charge is 2.07. The summed E-state index contributed by atoms with van der Waals surface area (Å²) in [6.07, 6.45) is 0. The molecule has 20 heavy (non-hydrogen) atoms. The molecule has 1 heterocycles. The summed E-state index contributed by atoms with van der Waals surface area (Å²) in [6, 6.07) is 10.9. The van der Waals surface area contributed by atoms with Gasteiger partial charge in [0.2, 0.25) is 0 Å². The van der Waals surface area contributed by atoms with Crippen LogP contribution in [0.1, 0.15) is 20.8 Å². The van der Waals surface area contributed by atoms with Crippen molar-refractivity contribution in [2.45, 2.75) is 6.54 Å². The number of thiophene rings is 1. The van der Waals surface area contributed by atoms with E-state index < -0.39 is 0 Å². The second-order valence-corrected chi connectivity index (χ2v) is 5.66. The number of rotatable bonds is 3. The molecule has 0 saturated carbocycles. The lowest BCUT2D eigenvalue weighted by molar-refractivity contribution is 0.0955. The first kappa shape index (κ1) is 14.6. The number of amides is 1. The Kier molecular flexibility index (Phi) is 5.19. The minimum absolute atomic E-state index is 0.133. The Morgan fingerprint density at radius 2 is 2.00 bits per heavy atom. The molecule has 1 amide bonds. The zero-order valence-corrected chi connectivity index (χ0v) is 12.1. The predicted octanol–water partition coefficient (Wildman–Crippen LogP) is 2.68. The molecule has 0 aliphatic rings. The van der Waals surface area contributed by atoms with Crippen molar-refractivity contribution in [3.8, 4) is 11.8 Å². The molecular weight excluding hydrogens is 294 g/mol. The number of hydrogen-bond donors (Lipinski definition) is 2. The standard InChI is InChI=1S/C15H12ClNO2S/c16-14-8-7-13(20-14)15(19)17-10-12-5-3-11(4-6-12)2-1-9-18/h3-8,18H,9-10H2,(H,17,19). The number of aliphatic hydroxyl groups excluding tert-OH is 1. The van der Waals surface area contributed by atoms with Gasteiger partial charge in [0, 0.05) is 12.1 Å². The van der Waals surface area contributed by atoms with Gasteiger partial charge in [0.25, 0.3) is 5.91 Å². The summed E-state index contributed by atoms with van der Waals surface area (Å²) in [7, 11) is 0. The highest BCUT2D eigenvalue weighted by Crippen LogP contribution is 2.21. The molecule has 0 bridgehead atoms. The van der Waals surface area contributed by atoms with Crippen LogP contribution < -0.4 is 5.32 Å². The van der Waals surface area contributed by atoms with E-state index in [9.17, 15) is 4.79 Å². The zero-order chi connectivity index (χ0) is 14.4. The van der Waals surface area contributed by atoms with Crippen molar-refractivity contribution < 1.29 is 9.90 Å². The highest BCUT2D eigenvalue weighted by molar-refractivity contribution is 7.17. The van der Waals surface area contributed by atoms with E-state index >= 15 is 0 Å². The Morgan fingerprint density at radius 3 is 2.60 bits per heavy atom. The smallest absolute Gasteiger partial charge is 0.261 e. The molecule has 0 radical (unpaired) electrons. The summed E-state index contributed by atoms with van der Waals surface area (Å²) >= 11 is 7.04. The molecule has 1 aromatic heterocycles. The molecule has 102 valence electrons. The second kappa shape index (κ2) is 7.11. The van der Waals surface area contributed by atoms with E-state index in [2.05, 4.69) is 17.2 Å². The maximum atomic E-state index is 11.8. The Bertz CT molecular complexity index is 653. The van der Waals surface area contributed by atoms with Crippen molar-refractivity contribution in [1.82, 2.24) is 5.32 Å². The number of benzene rings is 1. The monoisotopic (exact) mass is 305 g/mol. The summed E-state index contributed by atoms with van der Waals surface area (Å²) in [5.41, 5.74) is 1.81. The van der Waals surface area contributed by atoms with Gasteiger partial charge in [-0.3, -0.25) is 4.79 Å². The molecule has 1 aromatic carbocycles. The number of carbonyl (C=O) groups is 1. The molecule has 0 unspecified atom stereocenters. The summed E-state index contributed by atoms with van der Waals surface area (Å²) in [5.74, 6) is 5.26. The molecule has 0 aliphatic carbocycles. The van der Waals surface area contributed by atoms with Gasteiger partial charge in [-0.2, -0.15) is 0 Å². The van der Waals surface area contributed by atoms with Gasteiger partial charge in [0.15, 0.2) is 0 Å². The highest BCUT2D eigenvalue weighted by atomic mass is 35.5. The lowest BCUT2D eigenvalue weighted by Crippen LogP contribution is -2.21. The summed E-state index contributed by atoms with van der Waals surface area (Å²) in [5, 5.41) is 11.4. The van der Waals surface area contributed by atoms with Gasteiger partial charge in [-0.05, 0) is 29.8 Å². The van der Waals surface area contributed by atoms with Crippen LogP contribution in [0.25, 0.3) is 0 Å². The SMILES string of the molecule is O=C(NCc1ccc(C#CCO)cc1)c1ccc(Cl)s1. The molecule has 5 heteroatoms. The minimum Gasteiger partial charge on any atom is -0.384 e. The van der Waals surface area contributed by atoms with E-state index in [0.29, 0.717) is 15.8 Å². The van der Waals surface area contributed by atoms with E-state index in [1.807, 2.05) is 24.3 Å². The number of halogens is 1. The van der Waals surface area contributed by atoms with Gasteiger partial charge in [0.1, 0.15) is 6.61 Å². The fraction of sp³-hybridized carbons (Fsp3) is 0.133. The molecular formula is C15H12ClNO2S. The first-order valence-corrected chi connectivity index (χ1v) is 7.10. The van der Waals surface area contributed by atoms with Crippen LogP contribution in [0, 0.1) is 11.8 Å². The van der Waals surface area contributed by atoms with Crippen LogP contribution in [0.15, 0.2) is 36.4 Å². The van der Waals surface area contributed by atoms with E-state index in [0.717, 1.165) is 11.1 Å². The van der Waals surface area contributed by atoms with Gasteiger partial charge in [-0.15, -0.1) is 11.3 Å². The van der Waals surface area contributed by atoms with Crippen LogP contribution in [0.5, 0.6) is 0 Å². The number of aliphatic hydroxyl groups is 1. The largest absolute Gasteiger partial charge is 0.384 e. The van der Waals surface area contributed by atoms with Gasteiger partial charge in [-0.1, -0.05) is 35.6 Å². The van der Waals surface area contributed by atoms with Crippen LogP contribution in [0.2, 0.25) is 4.34 Å².